The van der Waals surface area contributed by atoms with Crippen LogP contribution in [0.1, 0.15) is 24.5 Å². The molecule has 0 amide bonds. The van der Waals surface area contributed by atoms with E-state index in [-0.39, 0.29) is 6.42 Å². The number of hydrogen-bond donors (Lipinski definition) is 1. The lowest BCUT2D eigenvalue weighted by molar-refractivity contribution is -0.116. The Labute approximate surface area is 94.1 Å². The summed E-state index contributed by atoms with van der Waals surface area (Å²) in [6.45, 7) is 1.74. The fourth-order valence-corrected chi connectivity index (χ4v) is 1.44. The minimum absolute atomic E-state index is 0.181. The number of nitrogens with zero attached hydrogens (tertiary/aromatic N) is 1. The summed E-state index contributed by atoms with van der Waals surface area (Å²) in [6, 6.07) is 7.21. The molecular formula is C12H14N2O2. The molecule has 0 aromatic heterocycles. The van der Waals surface area contributed by atoms with E-state index >= 15 is 0 Å². The zero-order valence-corrected chi connectivity index (χ0v) is 9.09. The van der Waals surface area contributed by atoms with Gasteiger partial charge in [0.1, 0.15) is 12.6 Å². The van der Waals surface area contributed by atoms with Gasteiger partial charge in [0, 0.05) is 6.42 Å². The van der Waals surface area contributed by atoms with Crippen LogP contribution in [0.25, 0.3) is 0 Å². The third kappa shape index (κ3) is 2.53. The molecule has 1 atom stereocenters. The summed E-state index contributed by atoms with van der Waals surface area (Å²) in [4.78, 5) is 21.5. The Hall–Kier alpha value is -1.97. The summed E-state index contributed by atoms with van der Waals surface area (Å²) >= 11 is 0. The summed E-state index contributed by atoms with van der Waals surface area (Å²) < 4.78 is 0. The lowest BCUT2D eigenvalue weighted by Crippen LogP contribution is -2.24. The largest absolute Gasteiger partial charge is 0.323 e. The lowest BCUT2D eigenvalue weighted by Gasteiger charge is -2.20. The van der Waals surface area contributed by atoms with Crippen molar-refractivity contribution in [1.29, 1.82) is 0 Å². The smallest absolute Gasteiger partial charge is 0.130 e. The lowest BCUT2D eigenvalue weighted by atomic mass is 9.81. The van der Waals surface area contributed by atoms with Crippen LogP contribution in [-0.4, -0.2) is 18.8 Å². The van der Waals surface area contributed by atoms with Gasteiger partial charge in [-0.05, 0) is 18.1 Å². The van der Waals surface area contributed by atoms with Crippen molar-refractivity contribution in [1.82, 2.24) is 0 Å². The third-order valence-corrected chi connectivity index (χ3v) is 2.56. The normalized spacial score (nSPS) is 14.6. The summed E-state index contributed by atoms with van der Waals surface area (Å²) in [5, 5.41) is 3.40. The molecule has 1 aromatic rings. The van der Waals surface area contributed by atoms with Crippen molar-refractivity contribution in [2.75, 3.05) is 0 Å². The third-order valence-electron chi connectivity index (χ3n) is 2.56. The summed E-state index contributed by atoms with van der Waals surface area (Å²) in [7, 11) is 0. The van der Waals surface area contributed by atoms with Gasteiger partial charge in [-0.1, -0.05) is 24.3 Å². The minimum atomic E-state index is -0.750. The number of carbonyl (C=O) groups is 2. The first-order valence-corrected chi connectivity index (χ1v) is 4.90. The summed E-state index contributed by atoms with van der Waals surface area (Å²) in [6.07, 6.45) is 3.25. The molecule has 0 fully saturated rings. The van der Waals surface area contributed by atoms with E-state index in [9.17, 15) is 9.59 Å². The zero-order chi connectivity index (χ0) is 12.0. The molecule has 0 radical (unpaired) electrons. The van der Waals surface area contributed by atoms with E-state index in [1.807, 2.05) is 0 Å². The van der Waals surface area contributed by atoms with Crippen LogP contribution >= 0.6 is 0 Å². The predicted octanol–water partition coefficient (Wildman–Crippen LogP) is 1.02. The van der Waals surface area contributed by atoms with Gasteiger partial charge in [-0.15, -0.1) is 0 Å². The standard InChI is InChI=1S/C12H14N2O2/c1-12(9-16,6-7-15)11-4-2-10(3-5-11)8-14-13/h2-5,7-9H,6,13H2,1H3. The molecule has 16 heavy (non-hydrogen) atoms. The van der Waals surface area contributed by atoms with Crippen molar-refractivity contribution in [2.24, 2.45) is 10.9 Å². The van der Waals surface area contributed by atoms with Crippen molar-refractivity contribution in [3.05, 3.63) is 35.4 Å². The van der Waals surface area contributed by atoms with E-state index in [1.165, 1.54) is 6.21 Å². The number of rotatable bonds is 5. The van der Waals surface area contributed by atoms with Crippen LogP contribution in [0, 0.1) is 0 Å². The van der Waals surface area contributed by atoms with Gasteiger partial charge in [-0.2, -0.15) is 5.10 Å². The van der Waals surface area contributed by atoms with Gasteiger partial charge in [0.2, 0.25) is 0 Å². The number of benzene rings is 1. The average Bonchev–Trinajstić information content (AvgIpc) is 2.30. The van der Waals surface area contributed by atoms with Gasteiger partial charge >= 0.3 is 0 Å². The van der Waals surface area contributed by atoms with Gasteiger partial charge in [-0.25, -0.2) is 0 Å². The highest BCUT2D eigenvalue weighted by Crippen LogP contribution is 2.24. The first kappa shape index (κ1) is 12.1. The molecule has 0 bridgehead atoms. The van der Waals surface area contributed by atoms with Crippen molar-refractivity contribution < 1.29 is 9.59 Å². The number of hydrazone groups is 1. The van der Waals surface area contributed by atoms with Crippen LogP contribution in [0.5, 0.6) is 0 Å². The summed E-state index contributed by atoms with van der Waals surface area (Å²) in [5.74, 6) is 5.03. The number of carbonyl (C=O) groups excluding carboxylic acids is 2. The maximum absolute atomic E-state index is 11.0. The van der Waals surface area contributed by atoms with Gasteiger partial charge in [0.05, 0.1) is 11.6 Å². The molecule has 4 nitrogen and oxygen atoms in total. The van der Waals surface area contributed by atoms with Gasteiger partial charge in [0.15, 0.2) is 0 Å². The Morgan fingerprint density at radius 1 is 1.31 bits per heavy atom. The molecule has 84 valence electrons. The molecule has 0 aliphatic carbocycles. The molecule has 0 aliphatic heterocycles. The Balaban J connectivity index is 3.03. The highest BCUT2D eigenvalue weighted by Gasteiger charge is 2.25. The van der Waals surface area contributed by atoms with E-state index in [0.717, 1.165) is 23.7 Å². The Bertz CT molecular complexity index is 398. The topological polar surface area (TPSA) is 72.5 Å². The van der Waals surface area contributed by atoms with E-state index < -0.39 is 5.41 Å². The molecule has 0 saturated heterocycles. The molecule has 0 saturated carbocycles. The molecule has 1 rings (SSSR count). The second-order valence-corrected chi connectivity index (χ2v) is 3.81. The van der Waals surface area contributed by atoms with Crippen LogP contribution in [0.15, 0.2) is 29.4 Å². The van der Waals surface area contributed by atoms with E-state index in [0.29, 0.717) is 0 Å². The van der Waals surface area contributed by atoms with Crippen molar-refractivity contribution in [2.45, 2.75) is 18.8 Å². The highest BCUT2D eigenvalue weighted by atomic mass is 16.1. The fourth-order valence-electron chi connectivity index (χ4n) is 1.44. The first-order valence-electron chi connectivity index (χ1n) is 4.90. The van der Waals surface area contributed by atoms with Crippen molar-refractivity contribution in [3.8, 4) is 0 Å². The maximum atomic E-state index is 11.0. The molecule has 4 heteroatoms. The van der Waals surface area contributed by atoms with Crippen LogP contribution < -0.4 is 5.84 Å². The van der Waals surface area contributed by atoms with Gasteiger partial charge in [0.25, 0.3) is 0 Å². The molecule has 1 aromatic carbocycles. The molecule has 0 heterocycles. The number of aldehydes is 2. The highest BCUT2D eigenvalue weighted by molar-refractivity contribution is 5.80. The molecule has 0 spiro atoms. The van der Waals surface area contributed by atoms with E-state index in [2.05, 4.69) is 5.10 Å². The van der Waals surface area contributed by atoms with E-state index in [1.54, 1.807) is 31.2 Å². The quantitative estimate of drug-likeness (QED) is 0.347. The molecule has 0 aliphatic rings. The second-order valence-electron chi connectivity index (χ2n) is 3.81. The zero-order valence-electron chi connectivity index (χ0n) is 9.09. The first-order chi connectivity index (χ1) is 7.66. The number of hydrogen-bond acceptors (Lipinski definition) is 4. The predicted molar refractivity (Wildman–Crippen MR) is 62.3 cm³/mol. The minimum Gasteiger partial charge on any atom is -0.323 e. The monoisotopic (exact) mass is 218 g/mol. The van der Waals surface area contributed by atoms with E-state index in [4.69, 9.17) is 5.84 Å². The Morgan fingerprint density at radius 2 is 1.94 bits per heavy atom. The van der Waals surface area contributed by atoms with Crippen LogP contribution in [0.4, 0.5) is 0 Å². The summed E-state index contributed by atoms with van der Waals surface area (Å²) in [5.41, 5.74) is 0.912. The van der Waals surface area contributed by atoms with Crippen molar-refractivity contribution in [3.63, 3.8) is 0 Å². The molecule has 1 unspecified atom stereocenters. The Kier molecular flexibility index (Phi) is 3.94. The van der Waals surface area contributed by atoms with Gasteiger partial charge in [-0.3, -0.25) is 0 Å². The van der Waals surface area contributed by atoms with Crippen LogP contribution in [-0.2, 0) is 15.0 Å². The van der Waals surface area contributed by atoms with Crippen molar-refractivity contribution >= 4 is 18.8 Å². The fraction of sp³-hybridized carbons (Fsp3) is 0.250. The maximum Gasteiger partial charge on any atom is 0.130 e. The van der Waals surface area contributed by atoms with Gasteiger partial charge < -0.3 is 15.4 Å². The van der Waals surface area contributed by atoms with Crippen LogP contribution in [0.2, 0.25) is 0 Å². The molecule has 2 N–H and O–H groups in total. The average molecular weight is 218 g/mol. The van der Waals surface area contributed by atoms with Crippen LogP contribution in [0.3, 0.4) is 0 Å². The second kappa shape index (κ2) is 5.21. The Morgan fingerprint density at radius 3 is 2.38 bits per heavy atom. The number of nitrogens with two attached hydrogens (primary N) is 1. The molecular weight excluding hydrogens is 204 g/mol. The SMILES string of the molecule is CC(C=O)(CC=O)c1ccc(C=NN)cc1.